The van der Waals surface area contributed by atoms with E-state index >= 15 is 0 Å². The highest BCUT2D eigenvalue weighted by Crippen LogP contribution is 2.49. The van der Waals surface area contributed by atoms with Gasteiger partial charge in [-0.05, 0) is 48.9 Å². The van der Waals surface area contributed by atoms with E-state index in [4.69, 9.17) is 4.42 Å². The van der Waals surface area contributed by atoms with Crippen LogP contribution in [0.15, 0.2) is 58.1 Å². The van der Waals surface area contributed by atoms with Gasteiger partial charge in [-0.15, -0.1) is 0 Å². The molecule has 0 spiro atoms. The standard InChI is InChI=1S/C22H17N3O3/c23-11-15-3-1-2-4-17(15)18-10-9-16(28-18)12-24-25-21(26)19-13-5-6-14(8-7-13)20(19)22(25)27/h1-6,9-10,12-14,19-20H,7-8H2/b24-12-/t13-,14-,19-,20-/m0/s1. The number of benzene rings is 1. The fourth-order valence-electron chi connectivity index (χ4n) is 4.65. The van der Waals surface area contributed by atoms with E-state index in [0.717, 1.165) is 17.9 Å². The number of imide groups is 1. The number of fused-ring (bicyclic) bond motifs is 1. The zero-order valence-corrected chi connectivity index (χ0v) is 15.0. The number of rotatable bonds is 3. The molecule has 4 atom stereocenters. The van der Waals surface area contributed by atoms with Crippen molar-refractivity contribution in [2.24, 2.45) is 28.8 Å². The van der Waals surface area contributed by atoms with E-state index in [9.17, 15) is 14.9 Å². The van der Waals surface area contributed by atoms with Crippen LogP contribution in [0, 0.1) is 35.0 Å². The zero-order valence-electron chi connectivity index (χ0n) is 15.0. The summed E-state index contributed by atoms with van der Waals surface area (Å²) in [6, 6.07) is 12.7. The molecule has 6 heteroatoms. The summed E-state index contributed by atoms with van der Waals surface area (Å²) in [5.74, 6) is 0.256. The predicted octanol–water partition coefficient (Wildman–Crippen LogP) is 3.35. The molecule has 0 N–H and O–H groups in total. The van der Waals surface area contributed by atoms with Crippen molar-refractivity contribution in [3.05, 3.63) is 59.9 Å². The number of nitrogens with zero attached hydrogens (tertiary/aromatic N) is 3. The number of nitriles is 1. The van der Waals surface area contributed by atoms with Crippen molar-refractivity contribution >= 4 is 18.0 Å². The number of allylic oxidation sites excluding steroid dienone is 2. The summed E-state index contributed by atoms with van der Waals surface area (Å²) in [4.78, 5) is 25.5. The summed E-state index contributed by atoms with van der Waals surface area (Å²) < 4.78 is 5.75. The van der Waals surface area contributed by atoms with Crippen LogP contribution >= 0.6 is 0 Å². The van der Waals surface area contributed by atoms with Crippen molar-refractivity contribution in [3.63, 3.8) is 0 Å². The first-order chi connectivity index (χ1) is 13.7. The minimum atomic E-state index is -0.275. The molecule has 1 aromatic heterocycles. The quantitative estimate of drug-likeness (QED) is 0.470. The fraction of sp³-hybridized carbons (Fsp3) is 0.273. The highest BCUT2D eigenvalue weighted by Gasteiger charge is 2.56. The first-order valence-electron chi connectivity index (χ1n) is 9.37. The Balaban J connectivity index is 1.39. The third-order valence-electron chi connectivity index (χ3n) is 5.98. The van der Waals surface area contributed by atoms with Gasteiger partial charge in [0.1, 0.15) is 11.5 Å². The number of hydrogen-bond acceptors (Lipinski definition) is 5. The summed E-state index contributed by atoms with van der Waals surface area (Å²) in [5, 5.41) is 14.4. The lowest BCUT2D eigenvalue weighted by molar-refractivity contribution is -0.140. The summed E-state index contributed by atoms with van der Waals surface area (Å²) in [5.41, 5.74) is 1.20. The van der Waals surface area contributed by atoms with Gasteiger partial charge < -0.3 is 4.42 Å². The van der Waals surface area contributed by atoms with Crippen LogP contribution in [0.1, 0.15) is 24.2 Å². The molecule has 138 valence electrons. The molecule has 0 unspecified atom stereocenters. The van der Waals surface area contributed by atoms with Gasteiger partial charge in [0, 0.05) is 5.56 Å². The molecule has 2 amide bonds. The highest BCUT2D eigenvalue weighted by molar-refractivity contribution is 6.06. The average Bonchev–Trinajstić information content (AvgIpc) is 3.32. The maximum atomic E-state index is 12.8. The van der Waals surface area contributed by atoms with Gasteiger partial charge >= 0.3 is 0 Å². The zero-order chi connectivity index (χ0) is 19.3. The van der Waals surface area contributed by atoms with E-state index in [1.54, 1.807) is 30.3 Å². The molecule has 2 bridgehead atoms. The first-order valence-corrected chi connectivity index (χ1v) is 9.37. The van der Waals surface area contributed by atoms with Crippen molar-refractivity contribution < 1.29 is 14.0 Å². The number of hydrogen-bond donors (Lipinski definition) is 0. The maximum absolute atomic E-state index is 12.8. The lowest BCUT2D eigenvalue weighted by Crippen LogP contribution is -2.38. The number of carbonyl (C=O) groups excluding carboxylic acids is 2. The van der Waals surface area contributed by atoms with Crippen molar-refractivity contribution in [1.29, 1.82) is 5.26 Å². The lowest BCUT2D eigenvalue weighted by atomic mass is 9.63. The Labute approximate surface area is 161 Å². The smallest absolute Gasteiger partial charge is 0.254 e. The van der Waals surface area contributed by atoms with Crippen LogP contribution in [-0.2, 0) is 9.59 Å². The fourth-order valence-corrected chi connectivity index (χ4v) is 4.65. The van der Waals surface area contributed by atoms with E-state index in [0.29, 0.717) is 22.6 Å². The molecule has 0 radical (unpaired) electrons. The van der Waals surface area contributed by atoms with Crippen LogP contribution in [0.5, 0.6) is 0 Å². The second-order valence-electron chi connectivity index (χ2n) is 7.43. The summed E-state index contributed by atoms with van der Waals surface area (Å²) in [7, 11) is 0. The second-order valence-corrected chi connectivity index (χ2v) is 7.43. The van der Waals surface area contributed by atoms with Crippen molar-refractivity contribution in [3.8, 4) is 17.4 Å². The van der Waals surface area contributed by atoms with Crippen LogP contribution in [0.4, 0.5) is 0 Å². The Hall–Kier alpha value is -3.46. The second kappa shape index (κ2) is 6.31. The first kappa shape index (κ1) is 16.7. The van der Waals surface area contributed by atoms with Gasteiger partial charge in [0.25, 0.3) is 11.8 Å². The third kappa shape index (κ3) is 2.43. The molecule has 28 heavy (non-hydrogen) atoms. The Morgan fingerprint density at radius 2 is 1.71 bits per heavy atom. The molecule has 6 rings (SSSR count). The molecule has 2 heterocycles. The molecular formula is C22H17N3O3. The average molecular weight is 371 g/mol. The molecule has 1 aromatic carbocycles. The predicted molar refractivity (Wildman–Crippen MR) is 101 cm³/mol. The van der Waals surface area contributed by atoms with Crippen LogP contribution in [0.2, 0.25) is 0 Å². The number of furan rings is 1. The molecule has 1 aliphatic heterocycles. The maximum Gasteiger partial charge on any atom is 0.254 e. The highest BCUT2D eigenvalue weighted by atomic mass is 16.3. The van der Waals surface area contributed by atoms with E-state index in [2.05, 4.69) is 23.3 Å². The molecule has 2 aromatic rings. The third-order valence-corrected chi connectivity index (χ3v) is 5.98. The summed E-state index contributed by atoms with van der Waals surface area (Å²) in [6.07, 6.45) is 7.47. The van der Waals surface area contributed by atoms with Crippen molar-refractivity contribution in [2.45, 2.75) is 12.8 Å². The molecular weight excluding hydrogens is 354 g/mol. The van der Waals surface area contributed by atoms with Gasteiger partial charge in [-0.2, -0.15) is 15.4 Å². The van der Waals surface area contributed by atoms with E-state index in [1.165, 1.54) is 6.21 Å². The molecule has 4 aliphatic rings. The van der Waals surface area contributed by atoms with E-state index in [-0.39, 0.29) is 35.5 Å². The van der Waals surface area contributed by atoms with Gasteiger partial charge in [0.05, 0.1) is 29.7 Å². The number of hydrazone groups is 1. The van der Waals surface area contributed by atoms with Gasteiger partial charge in [-0.3, -0.25) is 9.59 Å². The Kier molecular flexibility index (Phi) is 3.76. The Morgan fingerprint density at radius 3 is 2.36 bits per heavy atom. The summed E-state index contributed by atoms with van der Waals surface area (Å²) >= 11 is 0. The van der Waals surface area contributed by atoms with Crippen molar-refractivity contribution in [2.75, 3.05) is 0 Å². The molecule has 1 saturated carbocycles. The largest absolute Gasteiger partial charge is 0.455 e. The van der Waals surface area contributed by atoms with Crippen LogP contribution < -0.4 is 0 Å². The van der Waals surface area contributed by atoms with E-state index < -0.39 is 0 Å². The van der Waals surface area contributed by atoms with Gasteiger partial charge in [0.2, 0.25) is 0 Å². The normalized spacial score (nSPS) is 28.2. The molecule has 2 fully saturated rings. The van der Waals surface area contributed by atoms with Crippen LogP contribution in [-0.4, -0.2) is 23.0 Å². The Bertz CT molecular complexity index is 1040. The SMILES string of the molecule is N#Cc1ccccc1-c1ccc(/C=N\N2C(=O)[C@@H]3[C@@H](C2=O)[C@H]2C=C[C@H]3CC2)o1. The minimum absolute atomic E-state index is 0.143. The summed E-state index contributed by atoms with van der Waals surface area (Å²) in [6.45, 7) is 0. The molecule has 1 saturated heterocycles. The van der Waals surface area contributed by atoms with E-state index in [1.807, 2.05) is 6.07 Å². The monoisotopic (exact) mass is 371 g/mol. The lowest BCUT2D eigenvalue weighted by Gasteiger charge is -2.37. The number of carbonyl (C=O) groups is 2. The Morgan fingerprint density at radius 1 is 1.04 bits per heavy atom. The van der Waals surface area contributed by atoms with Crippen molar-refractivity contribution in [1.82, 2.24) is 5.01 Å². The minimum Gasteiger partial charge on any atom is -0.455 e. The van der Waals surface area contributed by atoms with Crippen LogP contribution in [0.25, 0.3) is 11.3 Å². The topological polar surface area (TPSA) is 86.7 Å². The van der Waals surface area contributed by atoms with Gasteiger partial charge in [0.15, 0.2) is 0 Å². The number of amides is 2. The molecule has 3 aliphatic carbocycles. The van der Waals surface area contributed by atoms with Gasteiger partial charge in [-0.25, -0.2) is 0 Å². The van der Waals surface area contributed by atoms with Gasteiger partial charge in [-0.1, -0.05) is 24.3 Å². The molecule has 6 nitrogen and oxygen atoms in total. The van der Waals surface area contributed by atoms with Crippen LogP contribution in [0.3, 0.4) is 0 Å².